The van der Waals surface area contributed by atoms with Crippen LogP contribution >= 0.6 is 27.3 Å². The number of hydrogen-bond acceptors (Lipinski definition) is 4. The van der Waals surface area contributed by atoms with E-state index in [1.54, 1.807) is 17.5 Å². The summed E-state index contributed by atoms with van der Waals surface area (Å²) in [4.78, 5) is 1.97. The number of thiophene rings is 1. The normalized spacial score (nSPS) is 11.4. The Morgan fingerprint density at radius 2 is 1.95 bits per heavy atom. The number of sulfonamides is 1. The molecule has 1 N–H and O–H groups in total. The van der Waals surface area contributed by atoms with E-state index < -0.39 is 10.0 Å². The van der Waals surface area contributed by atoms with Gasteiger partial charge in [-0.05, 0) is 58.1 Å². The third-order valence-electron chi connectivity index (χ3n) is 2.80. The topological polar surface area (TPSA) is 49.4 Å². The molecule has 0 saturated carbocycles. The molecule has 0 atom stereocenters. The van der Waals surface area contributed by atoms with Gasteiger partial charge >= 0.3 is 0 Å². The molecule has 1 aromatic heterocycles. The molecule has 0 aliphatic rings. The van der Waals surface area contributed by atoms with Crippen LogP contribution in [0.25, 0.3) is 0 Å². The van der Waals surface area contributed by atoms with Gasteiger partial charge in [0.25, 0.3) is 10.0 Å². The Hall–Kier alpha value is -1.05. The van der Waals surface area contributed by atoms with Gasteiger partial charge in [-0.3, -0.25) is 4.72 Å². The molecule has 20 heavy (non-hydrogen) atoms. The first-order valence-electron chi connectivity index (χ1n) is 5.85. The summed E-state index contributed by atoms with van der Waals surface area (Å²) in [5, 5.41) is 1.74. The monoisotopic (exact) mass is 374 g/mol. The predicted octanol–water partition coefficient (Wildman–Crippen LogP) is 3.69. The van der Waals surface area contributed by atoms with Gasteiger partial charge in [0.2, 0.25) is 0 Å². The van der Waals surface area contributed by atoms with Crippen LogP contribution in [0.1, 0.15) is 5.56 Å². The van der Waals surface area contributed by atoms with E-state index in [0.29, 0.717) is 10.2 Å². The van der Waals surface area contributed by atoms with E-state index in [1.807, 2.05) is 38.1 Å². The number of nitrogens with zero attached hydrogens (tertiary/aromatic N) is 1. The molecule has 0 spiro atoms. The van der Waals surface area contributed by atoms with E-state index in [2.05, 4.69) is 20.7 Å². The minimum atomic E-state index is -3.55. The summed E-state index contributed by atoms with van der Waals surface area (Å²) in [5.41, 5.74) is 2.51. The summed E-state index contributed by atoms with van der Waals surface area (Å²) in [6.45, 7) is 1.88. The quantitative estimate of drug-likeness (QED) is 0.887. The first-order valence-corrected chi connectivity index (χ1v) is 9.00. The van der Waals surface area contributed by atoms with Crippen LogP contribution < -0.4 is 9.62 Å². The van der Waals surface area contributed by atoms with Gasteiger partial charge in [-0.15, -0.1) is 11.3 Å². The summed E-state index contributed by atoms with van der Waals surface area (Å²) in [5.74, 6) is 0. The van der Waals surface area contributed by atoms with Gasteiger partial charge in [0.05, 0.1) is 5.69 Å². The van der Waals surface area contributed by atoms with Crippen LogP contribution in [-0.2, 0) is 10.0 Å². The van der Waals surface area contributed by atoms with Gasteiger partial charge < -0.3 is 4.90 Å². The number of benzene rings is 1. The first kappa shape index (κ1) is 15.3. The SMILES string of the molecule is Cc1cc(N(C)C)ccc1NS(=O)(=O)c1sccc1Br. The highest BCUT2D eigenvalue weighted by Crippen LogP contribution is 2.30. The van der Waals surface area contributed by atoms with Gasteiger partial charge in [0.15, 0.2) is 4.21 Å². The number of rotatable bonds is 4. The summed E-state index contributed by atoms with van der Waals surface area (Å²) in [6, 6.07) is 7.33. The molecule has 108 valence electrons. The molecular formula is C13H15BrN2O2S2. The van der Waals surface area contributed by atoms with Crippen LogP contribution in [0, 0.1) is 6.92 Å². The van der Waals surface area contributed by atoms with Gasteiger partial charge in [0.1, 0.15) is 0 Å². The number of aryl methyl sites for hydroxylation is 1. The Morgan fingerprint density at radius 3 is 2.45 bits per heavy atom. The second kappa shape index (κ2) is 5.75. The summed E-state index contributed by atoms with van der Waals surface area (Å²) >= 11 is 4.43. The molecule has 1 heterocycles. The maximum absolute atomic E-state index is 12.3. The largest absolute Gasteiger partial charge is 0.378 e. The lowest BCUT2D eigenvalue weighted by atomic mass is 10.2. The van der Waals surface area contributed by atoms with E-state index in [4.69, 9.17) is 0 Å². The highest BCUT2D eigenvalue weighted by Gasteiger charge is 2.20. The molecular weight excluding hydrogens is 360 g/mol. The molecule has 0 bridgehead atoms. The smallest absolute Gasteiger partial charge is 0.272 e. The van der Waals surface area contributed by atoms with Crippen LogP contribution in [0.3, 0.4) is 0 Å². The molecule has 2 rings (SSSR count). The highest BCUT2D eigenvalue weighted by atomic mass is 79.9. The second-order valence-corrected chi connectivity index (χ2v) is 8.20. The second-order valence-electron chi connectivity index (χ2n) is 4.56. The number of halogens is 1. The fourth-order valence-electron chi connectivity index (χ4n) is 1.70. The number of nitrogens with one attached hydrogen (secondary N) is 1. The third kappa shape index (κ3) is 3.16. The van der Waals surface area contributed by atoms with Crippen molar-refractivity contribution in [1.82, 2.24) is 0 Å². The Labute approximate surface area is 131 Å². The minimum Gasteiger partial charge on any atom is -0.378 e. The van der Waals surface area contributed by atoms with Gasteiger partial charge in [-0.25, -0.2) is 8.42 Å². The van der Waals surface area contributed by atoms with Gasteiger partial charge in [0, 0.05) is 24.3 Å². The Bertz CT molecular complexity index is 724. The lowest BCUT2D eigenvalue weighted by Crippen LogP contribution is -2.14. The first-order chi connectivity index (χ1) is 9.31. The standard InChI is InChI=1S/C13H15BrN2O2S2/c1-9-8-10(16(2)3)4-5-12(9)15-20(17,18)13-11(14)6-7-19-13/h4-8,15H,1-3H3. The van der Waals surface area contributed by atoms with Crippen LogP contribution in [0.5, 0.6) is 0 Å². The van der Waals surface area contributed by atoms with Crippen LogP contribution in [0.15, 0.2) is 38.3 Å². The lowest BCUT2D eigenvalue weighted by molar-refractivity contribution is 0.603. The molecule has 0 aliphatic carbocycles. The Kier molecular flexibility index (Phi) is 4.41. The fourth-order valence-corrected chi connectivity index (χ4v) is 5.17. The zero-order valence-electron chi connectivity index (χ0n) is 11.3. The molecule has 1 aromatic carbocycles. The van der Waals surface area contributed by atoms with Gasteiger partial charge in [-0.2, -0.15) is 0 Å². The van der Waals surface area contributed by atoms with E-state index in [1.165, 1.54) is 11.3 Å². The lowest BCUT2D eigenvalue weighted by Gasteiger charge is -2.16. The highest BCUT2D eigenvalue weighted by molar-refractivity contribution is 9.10. The third-order valence-corrected chi connectivity index (χ3v) is 6.83. The molecule has 0 radical (unpaired) electrons. The van der Waals surface area contributed by atoms with E-state index >= 15 is 0 Å². The van der Waals surface area contributed by atoms with E-state index in [9.17, 15) is 8.42 Å². The molecule has 0 unspecified atom stereocenters. The van der Waals surface area contributed by atoms with E-state index in [0.717, 1.165) is 11.3 Å². The van der Waals surface area contributed by atoms with E-state index in [-0.39, 0.29) is 4.21 Å². The average molecular weight is 375 g/mol. The number of anilines is 2. The van der Waals surface area contributed by atoms with Crippen LogP contribution in [0.4, 0.5) is 11.4 Å². The molecule has 0 amide bonds. The molecule has 0 fully saturated rings. The molecule has 4 nitrogen and oxygen atoms in total. The Morgan fingerprint density at radius 1 is 1.25 bits per heavy atom. The fraction of sp³-hybridized carbons (Fsp3) is 0.231. The average Bonchev–Trinajstić information content (AvgIpc) is 2.78. The molecule has 7 heteroatoms. The van der Waals surface area contributed by atoms with Crippen LogP contribution in [0.2, 0.25) is 0 Å². The van der Waals surface area contributed by atoms with Crippen molar-refractivity contribution in [3.63, 3.8) is 0 Å². The predicted molar refractivity (Wildman–Crippen MR) is 88.3 cm³/mol. The summed E-state index contributed by atoms with van der Waals surface area (Å²) < 4.78 is 28.1. The van der Waals surface area contributed by atoms with Crippen molar-refractivity contribution in [2.45, 2.75) is 11.1 Å². The Balaban J connectivity index is 2.33. The van der Waals surface area contributed by atoms with Crippen molar-refractivity contribution < 1.29 is 8.42 Å². The zero-order valence-corrected chi connectivity index (χ0v) is 14.6. The van der Waals surface area contributed by atoms with Crippen molar-refractivity contribution in [1.29, 1.82) is 0 Å². The summed E-state index contributed by atoms with van der Waals surface area (Å²) in [6.07, 6.45) is 0. The van der Waals surface area contributed by atoms with Gasteiger partial charge in [-0.1, -0.05) is 0 Å². The van der Waals surface area contributed by atoms with Crippen molar-refractivity contribution in [3.8, 4) is 0 Å². The van der Waals surface area contributed by atoms with Crippen molar-refractivity contribution in [2.75, 3.05) is 23.7 Å². The molecule has 2 aromatic rings. The maximum atomic E-state index is 12.3. The van der Waals surface area contributed by atoms with Crippen molar-refractivity contribution in [2.24, 2.45) is 0 Å². The summed E-state index contributed by atoms with van der Waals surface area (Å²) in [7, 11) is 0.343. The zero-order chi connectivity index (χ0) is 14.9. The number of hydrogen-bond donors (Lipinski definition) is 1. The minimum absolute atomic E-state index is 0.286. The van der Waals surface area contributed by atoms with Crippen molar-refractivity contribution >= 4 is 48.7 Å². The molecule has 0 aliphatic heterocycles. The van der Waals surface area contributed by atoms with Crippen molar-refractivity contribution in [3.05, 3.63) is 39.7 Å². The molecule has 0 saturated heterocycles. The van der Waals surface area contributed by atoms with Crippen LogP contribution in [-0.4, -0.2) is 22.5 Å². The maximum Gasteiger partial charge on any atom is 0.272 e.